The average molecular weight is 382 g/mol. The highest BCUT2D eigenvalue weighted by Crippen LogP contribution is 2.18. The number of likely N-dealkylation sites (N-methyl/N-ethyl adjacent to an activating group) is 1. The molecule has 1 saturated heterocycles. The van der Waals surface area contributed by atoms with Gasteiger partial charge in [-0.2, -0.15) is 0 Å². The molecule has 1 aromatic carbocycles. The van der Waals surface area contributed by atoms with E-state index in [9.17, 15) is 9.18 Å². The minimum atomic E-state index is -0.329. The molecule has 5 nitrogen and oxygen atoms in total. The molecule has 8 heteroatoms. The predicted molar refractivity (Wildman–Crippen MR) is 97.5 cm³/mol. The molecule has 1 aliphatic heterocycles. The van der Waals surface area contributed by atoms with Gasteiger partial charge < -0.3 is 20.3 Å². The number of rotatable bonds is 5. The minimum Gasteiger partial charge on any atom is -0.375 e. The maximum absolute atomic E-state index is 13.0. The van der Waals surface area contributed by atoms with Gasteiger partial charge in [0.1, 0.15) is 11.9 Å². The van der Waals surface area contributed by atoms with Crippen LogP contribution in [0.25, 0.3) is 0 Å². The van der Waals surface area contributed by atoms with Crippen molar-refractivity contribution in [2.75, 3.05) is 33.8 Å². The third-order valence-electron chi connectivity index (χ3n) is 3.95. The van der Waals surface area contributed by atoms with Crippen LogP contribution in [0.5, 0.6) is 0 Å². The summed E-state index contributed by atoms with van der Waals surface area (Å²) in [6.07, 6.45) is -0.141. The molecular weight excluding hydrogens is 356 g/mol. The van der Waals surface area contributed by atoms with Crippen LogP contribution < -0.4 is 10.6 Å². The fourth-order valence-electron chi connectivity index (χ4n) is 2.62. The summed E-state index contributed by atoms with van der Waals surface area (Å²) in [6, 6.07) is 6.03. The van der Waals surface area contributed by atoms with E-state index in [1.54, 1.807) is 12.1 Å². The van der Waals surface area contributed by atoms with Crippen molar-refractivity contribution in [1.29, 1.82) is 0 Å². The van der Waals surface area contributed by atoms with E-state index in [1.807, 2.05) is 25.9 Å². The van der Waals surface area contributed by atoms with E-state index >= 15 is 0 Å². The van der Waals surface area contributed by atoms with Gasteiger partial charge in [-0.25, -0.2) is 4.39 Å². The number of carbonyl (C=O) groups is 1. The fourth-order valence-corrected chi connectivity index (χ4v) is 2.62. The summed E-state index contributed by atoms with van der Waals surface area (Å²) in [4.78, 5) is 14.3. The van der Waals surface area contributed by atoms with E-state index in [1.165, 1.54) is 12.1 Å². The van der Waals surface area contributed by atoms with Crippen LogP contribution in [0.15, 0.2) is 24.3 Å². The largest absolute Gasteiger partial charge is 0.375 e. The first-order chi connectivity index (χ1) is 10.5. The summed E-state index contributed by atoms with van der Waals surface area (Å²) in [5.41, 5.74) is 0.965. The second-order valence-electron chi connectivity index (χ2n) is 5.78. The zero-order valence-electron chi connectivity index (χ0n) is 14.1. The van der Waals surface area contributed by atoms with Crippen molar-refractivity contribution in [2.24, 2.45) is 0 Å². The lowest BCUT2D eigenvalue weighted by Crippen LogP contribution is -2.56. The number of morpholine rings is 1. The van der Waals surface area contributed by atoms with Crippen molar-refractivity contribution in [3.8, 4) is 0 Å². The number of nitrogens with zero attached hydrogens (tertiary/aromatic N) is 1. The highest BCUT2D eigenvalue weighted by Gasteiger charge is 2.28. The Morgan fingerprint density at radius 2 is 2.00 bits per heavy atom. The molecule has 0 saturated carbocycles. The van der Waals surface area contributed by atoms with E-state index in [0.717, 1.165) is 5.56 Å². The second-order valence-corrected chi connectivity index (χ2v) is 5.78. The molecule has 2 N–H and O–H groups in total. The number of hydrogen-bond donors (Lipinski definition) is 2. The zero-order valence-corrected chi connectivity index (χ0v) is 15.8. The molecule has 1 heterocycles. The molecule has 0 aromatic heterocycles. The maximum atomic E-state index is 13.0. The molecule has 3 atom stereocenters. The molecule has 1 amide bonds. The van der Waals surface area contributed by atoms with Crippen LogP contribution in [0.2, 0.25) is 0 Å². The zero-order chi connectivity index (χ0) is 16.1. The molecule has 24 heavy (non-hydrogen) atoms. The lowest BCUT2D eigenvalue weighted by atomic mass is 10.1. The highest BCUT2D eigenvalue weighted by molar-refractivity contribution is 5.85. The van der Waals surface area contributed by atoms with Gasteiger partial charge in [0, 0.05) is 13.1 Å². The molecule has 2 rings (SSSR count). The van der Waals surface area contributed by atoms with Gasteiger partial charge in [-0.05, 0) is 38.7 Å². The summed E-state index contributed by atoms with van der Waals surface area (Å²) < 4.78 is 18.5. The first-order valence-corrected chi connectivity index (χ1v) is 7.53. The molecule has 1 aromatic rings. The van der Waals surface area contributed by atoms with Crippen LogP contribution >= 0.6 is 24.8 Å². The minimum absolute atomic E-state index is 0. The molecule has 1 fully saturated rings. The Morgan fingerprint density at radius 3 is 2.54 bits per heavy atom. The van der Waals surface area contributed by atoms with Crippen molar-refractivity contribution in [3.05, 3.63) is 35.6 Å². The van der Waals surface area contributed by atoms with Gasteiger partial charge in [-0.1, -0.05) is 12.1 Å². The van der Waals surface area contributed by atoms with Gasteiger partial charge in [0.05, 0.1) is 18.8 Å². The third-order valence-corrected chi connectivity index (χ3v) is 3.95. The average Bonchev–Trinajstić information content (AvgIpc) is 2.49. The Kier molecular flexibility index (Phi) is 10.4. The number of amides is 1. The SMILES string of the molecule is C[C@H]1OCCN[C@@H]1C(=O)NCC(c1ccc(F)cc1)N(C)C.Cl.Cl. The van der Waals surface area contributed by atoms with Gasteiger partial charge in [-0.3, -0.25) is 4.79 Å². The van der Waals surface area contributed by atoms with Gasteiger partial charge in [-0.15, -0.1) is 24.8 Å². The predicted octanol–water partition coefficient (Wildman–Crippen LogP) is 1.77. The molecule has 0 bridgehead atoms. The van der Waals surface area contributed by atoms with Crippen LogP contribution in [0.3, 0.4) is 0 Å². The lowest BCUT2D eigenvalue weighted by molar-refractivity contribution is -0.129. The Hall–Kier alpha value is -0.920. The Labute approximate surface area is 155 Å². The van der Waals surface area contributed by atoms with Crippen molar-refractivity contribution in [3.63, 3.8) is 0 Å². The molecule has 0 radical (unpaired) electrons. The van der Waals surface area contributed by atoms with Crippen molar-refractivity contribution in [1.82, 2.24) is 15.5 Å². The third kappa shape index (κ3) is 6.18. The molecular formula is C16H26Cl2FN3O2. The van der Waals surface area contributed by atoms with Crippen LogP contribution in [0.4, 0.5) is 4.39 Å². The van der Waals surface area contributed by atoms with E-state index in [0.29, 0.717) is 19.7 Å². The van der Waals surface area contributed by atoms with Crippen LogP contribution in [0.1, 0.15) is 18.5 Å². The second kappa shape index (κ2) is 10.8. The van der Waals surface area contributed by atoms with Gasteiger partial charge in [0.15, 0.2) is 0 Å². The number of nitrogens with one attached hydrogen (secondary N) is 2. The number of ether oxygens (including phenoxy) is 1. The fraction of sp³-hybridized carbons (Fsp3) is 0.562. The van der Waals surface area contributed by atoms with Crippen molar-refractivity contribution >= 4 is 30.7 Å². The van der Waals surface area contributed by atoms with Crippen LogP contribution in [-0.4, -0.2) is 56.7 Å². The van der Waals surface area contributed by atoms with Crippen LogP contribution in [-0.2, 0) is 9.53 Å². The summed E-state index contributed by atoms with van der Waals surface area (Å²) in [7, 11) is 3.87. The van der Waals surface area contributed by atoms with Crippen molar-refractivity contribution in [2.45, 2.75) is 25.1 Å². The first-order valence-electron chi connectivity index (χ1n) is 7.53. The van der Waals surface area contributed by atoms with E-state index in [-0.39, 0.29) is 54.7 Å². The summed E-state index contributed by atoms with van der Waals surface area (Å²) in [5, 5.41) is 6.13. The van der Waals surface area contributed by atoms with E-state index < -0.39 is 0 Å². The molecule has 138 valence electrons. The first kappa shape index (κ1) is 23.1. The standard InChI is InChI=1S/C16H24FN3O2.2ClH/c1-11-15(18-8-9-22-11)16(21)19-10-14(20(2)3)12-4-6-13(17)7-5-12;;/h4-7,11,14-15,18H,8-10H2,1-3H3,(H,19,21);2*1H/t11-,14?,15+;;/m1../s1. The van der Waals surface area contributed by atoms with Crippen molar-refractivity contribution < 1.29 is 13.9 Å². The Bertz CT molecular complexity index is 503. The van der Waals surface area contributed by atoms with Gasteiger partial charge in [0.25, 0.3) is 0 Å². The monoisotopic (exact) mass is 381 g/mol. The molecule has 0 spiro atoms. The number of carbonyl (C=O) groups excluding carboxylic acids is 1. The molecule has 1 unspecified atom stereocenters. The van der Waals surface area contributed by atoms with Crippen LogP contribution in [0, 0.1) is 5.82 Å². The lowest BCUT2D eigenvalue weighted by Gasteiger charge is -2.31. The maximum Gasteiger partial charge on any atom is 0.239 e. The quantitative estimate of drug-likeness (QED) is 0.815. The summed E-state index contributed by atoms with van der Waals surface area (Å²) in [5.74, 6) is -0.330. The highest BCUT2D eigenvalue weighted by atomic mass is 35.5. The summed E-state index contributed by atoms with van der Waals surface area (Å²) in [6.45, 7) is 3.65. The Balaban J connectivity index is 0.00000264. The topological polar surface area (TPSA) is 53.6 Å². The smallest absolute Gasteiger partial charge is 0.239 e. The molecule has 1 aliphatic rings. The summed E-state index contributed by atoms with van der Waals surface area (Å²) >= 11 is 0. The number of hydrogen-bond acceptors (Lipinski definition) is 4. The number of halogens is 3. The molecule has 0 aliphatic carbocycles. The normalized spacial score (nSPS) is 21.4. The Morgan fingerprint density at radius 1 is 1.38 bits per heavy atom. The number of benzene rings is 1. The van der Waals surface area contributed by atoms with Gasteiger partial charge >= 0.3 is 0 Å². The van der Waals surface area contributed by atoms with E-state index in [2.05, 4.69) is 10.6 Å². The van der Waals surface area contributed by atoms with E-state index in [4.69, 9.17) is 4.74 Å². The van der Waals surface area contributed by atoms with Gasteiger partial charge in [0.2, 0.25) is 5.91 Å².